The predicted molar refractivity (Wildman–Crippen MR) is 66.7 cm³/mol. The predicted octanol–water partition coefficient (Wildman–Crippen LogP) is 1.91. The number of aryl methyl sites for hydroxylation is 1. The van der Waals surface area contributed by atoms with Crippen LogP contribution in [0.2, 0.25) is 0 Å². The molecule has 0 aromatic heterocycles. The molecular formula is C14H19NO2. The average Bonchev–Trinajstić information content (AvgIpc) is 2.88. The van der Waals surface area contributed by atoms with Crippen molar-refractivity contribution in [2.45, 2.75) is 31.8 Å². The molecule has 3 heteroatoms. The Labute approximate surface area is 102 Å². The molecule has 1 N–H and O–H groups in total. The first kappa shape index (κ1) is 12.1. The van der Waals surface area contributed by atoms with Crippen LogP contribution < -0.4 is 5.32 Å². The summed E-state index contributed by atoms with van der Waals surface area (Å²) in [5, 5.41) is 2.93. The van der Waals surface area contributed by atoms with E-state index >= 15 is 0 Å². The van der Waals surface area contributed by atoms with Gasteiger partial charge in [-0.05, 0) is 24.8 Å². The van der Waals surface area contributed by atoms with Crippen LogP contribution in [0.5, 0.6) is 0 Å². The minimum Gasteiger partial charge on any atom is -0.376 e. The first-order valence-corrected chi connectivity index (χ1v) is 6.27. The molecule has 1 saturated heterocycles. The van der Waals surface area contributed by atoms with Gasteiger partial charge >= 0.3 is 0 Å². The Kier molecular flexibility index (Phi) is 4.56. The maximum Gasteiger partial charge on any atom is 0.220 e. The van der Waals surface area contributed by atoms with E-state index in [-0.39, 0.29) is 12.0 Å². The van der Waals surface area contributed by atoms with Crippen LogP contribution in [0.1, 0.15) is 24.8 Å². The van der Waals surface area contributed by atoms with Crippen molar-refractivity contribution in [3.05, 3.63) is 35.9 Å². The SMILES string of the molecule is O=C(CCc1ccccc1)NCC1CCCO1. The highest BCUT2D eigenvalue weighted by molar-refractivity contribution is 5.76. The summed E-state index contributed by atoms with van der Waals surface area (Å²) in [7, 11) is 0. The Morgan fingerprint density at radius 2 is 2.18 bits per heavy atom. The third kappa shape index (κ3) is 4.19. The highest BCUT2D eigenvalue weighted by atomic mass is 16.5. The smallest absolute Gasteiger partial charge is 0.220 e. The Morgan fingerprint density at radius 3 is 2.88 bits per heavy atom. The van der Waals surface area contributed by atoms with E-state index in [1.165, 1.54) is 5.56 Å². The highest BCUT2D eigenvalue weighted by Gasteiger charge is 2.15. The molecule has 0 bridgehead atoms. The lowest BCUT2D eigenvalue weighted by Crippen LogP contribution is -2.31. The number of nitrogens with one attached hydrogen (secondary N) is 1. The van der Waals surface area contributed by atoms with Gasteiger partial charge in [-0.2, -0.15) is 0 Å². The average molecular weight is 233 g/mol. The summed E-state index contributed by atoms with van der Waals surface area (Å²) in [6.07, 6.45) is 3.77. The van der Waals surface area contributed by atoms with Gasteiger partial charge < -0.3 is 10.1 Å². The first-order valence-electron chi connectivity index (χ1n) is 6.27. The number of benzene rings is 1. The zero-order valence-corrected chi connectivity index (χ0v) is 10.0. The minimum atomic E-state index is 0.115. The second-order valence-electron chi connectivity index (χ2n) is 4.42. The van der Waals surface area contributed by atoms with Crippen LogP contribution in [0.15, 0.2) is 30.3 Å². The van der Waals surface area contributed by atoms with E-state index in [4.69, 9.17) is 4.74 Å². The van der Waals surface area contributed by atoms with Crippen molar-refractivity contribution < 1.29 is 9.53 Å². The van der Waals surface area contributed by atoms with Crippen LogP contribution in [-0.4, -0.2) is 25.2 Å². The third-order valence-corrected chi connectivity index (χ3v) is 3.03. The summed E-state index contributed by atoms with van der Waals surface area (Å²) < 4.78 is 5.45. The number of amides is 1. The molecule has 1 heterocycles. The molecule has 1 aliphatic rings. The van der Waals surface area contributed by atoms with Crippen LogP contribution in [-0.2, 0) is 16.0 Å². The van der Waals surface area contributed by atoms with Gasteiger partial charge in [0.25, 0.3) is 0 Å². The molecule has 3 nitrogen and oxygen atoms in total. The number of carbonyl (C=O) groups excluding carboxylic acids is 1. The molecule has 0 spiro atoms. The van der Waals surface area contributed by atoms with Gasteiger partial charge in [0, 0.05) is 19.6 Å². The van der Waals surface area contributed by atoms with Gasteiger partial charge in [0.2, 0.25) is 5.91 Å². The summed E-state index contributed by atoms with van der Waals surface area (Å²) >= 11 is 0. The fourth-order valence-electron chi connectivity index (χ4n) is 2.02. The second kappa shape index (κ2) is 6.40. The number of hydrogen-bond donors (Lipinski definition) is 1. The van der Waals surface area contributed by atoms with E-state index in [0.29, 0.717) is 13.0 Å². The molecule has 1 aliphatic heterocycles. The van der Waals surface area contributed by atoms with Crippen molar-refractivity contribution in [3.8, 4) is 0 Å². The number of hydrogen-bond acceptors (Lipinski definition) is 2. The molecule has 2 rings (SSSR count). The van der Waals surface area contributed by atoms with Crippen LogP contribution in [0.3, 0.4) is 0 Å². The first-order chi connectivity index (χ1) is 8.34. The Bertz CT molecular complexity index is 344. The third-order valence-electron chi connectivity index (χ3n) is 3.03. The lowest BCUT2D eigenvalue weighted by molar-refractivity contribution is -0.121. The molecule has 1 aromatic rings. The van der Waals surface area contributed by atoms with Crippen LogP contribution in [0, 0.1) is 0 Å². The Balaban J connectivity index is 1.64. The van der Waals surface area contributed by atoms with E-state index < -0.39 is 0 Å². The molecule has 1 atom stereocenters. The van der Waals surface area contributed by atoms with E-state index in [9.17, 15) is 4.79 Å². The summed E-state index contributed by atoms with van der Waals surface area (Å²) in [6, 6.07) is 10.1. The van der Waals surface area contributed by atoms with Gasteiger partial charge in [-0.1, -0.05) is 30.3 Å². The maximum atomic E-state index is 11.6. The molecule has 1 aromatic carbocycles. The normalized spacial score (nSPS) is 19.2. The molecular weight excluding hydrogens is 214 g/mol. The standard InChI is InChI=1S/C14H19NO2/c16-14(15-11-13-7-4-10-17-13)9-8-12-5-2-1-3-6-12/h1-3,5-6,13H,4,7-11H2,(H,15,16). The van der Waals surface area contributed by atoms with Crippen LogP contribution in [0.25, 0.3) is 0 Å². The molecule has 1 unspecified atom stereocenters. The van der Waals surface area contributed by atoms with Gasteiger partial charge in [0.1, 0.15) is 0 Å². The maximum absolute atomic E-state index is 11.6. The summed E-state index contributed by atoms with van der Waals surface area (Å²) in [4.78, 5) is 11.6. The lowest BCUT2D eigenvalue weighted by atomic mass is 10.1. The van der Waals surface area contributed by atoms with Gasteiger partial charge in [-0.15, -0.1) is 0 Å². The van der Waals surface area contributed by atoms with E-state index in [1.54, 1.807) is 0 Å². The Morgan fingerprint density at radius 1 is 1.35 bits per heavy atom. The van der Waals surface area contributed by atoms with Crippen molar-refractivity contribution in [2.24, 2.45) is 0 Å². The molecule has 0 saturated carbocycles. The number of carbonyl (C=O) groups is 1. The van der Waals surface area contributed by atoms with Crippen LogP contribution >= 0.6 is 0 Å². The largest absolute Gasteiger partial charge is 0.376 e. The monoisotopic (exact) mass is 233 g/mol. The minimum absolute atomic E-state index is 0.115. The second-order valence-corrected chi connectivity index (χ2v) is 4.42. The molecule has 0 aliphatic carbocycles. The summed E-state index contributed by atoms with van der Waals surface area (Å²) in [5.74, 6) is 0.115. The van der Waals surface area contributed by atoms with Gasteiger partial charge in [0.15, 0.2) is 0 Å². The zero-order valence-electron chi connectivity index (χ0n) is 10.0. The zero-order chi connectivity index (χ0) is 11.9. The number of ether oxygens (including phenoxy) is 1. The van der Waals surface area contributed by atoms with Gasteiger partial charge in [0.05, 0.1) is 6.10 Å². The summed E-state index contributed by atoms with van der Waals surface area (Å²) in [5.41, 5.74) is 1.21. The fraction of sp³-hybridized carbons (Fsp3) is 0.500. The molecule has 0 radical (unpaired) electrons. The molecule has 92 valence electrons. The lowest BCUT2D eigenvalue weighted by Gasteiger charge is -2.10. The quantitative estimate of drug-likeness (QED) is 0.843. The van der Waals surface area contributed by atoms with Gasteiger partial charge in [-0.25, -0.2) is 0 Å². The number of rotatable bonds is 5. The van der Waals surface area contributed by atoms with E-state index in [0.717, 1.165) is 25.9 Å². The van der Waals surface area contributed by atoms with Crippen LogP contribution in [0.4, 0.5) is 0 Å². The van der Waals surface area contributed by atoms with Gasteiger partial charge in [-0.3, -0.25) is 4.79 Å². The fourth-order valence-corrected chi connectivity index (χ4v) is 2.02. The van der Waals surface area contributed by atoms with Crippen molar-refractivity contribution in [3.63, 3.8) is 0 Å². The highest BCUT2D eigenvalue weighted by Crippen LogP contribution is 2.10. The van der Waals surface area contributed by atoms with Crippen molar-refractivity contribution in [1.82, 2.24) is 5.32 Å². The molecule has 1 amide bonds. The molecule has 1 fully saturated rings. The summed E-state index contributed by atoms with van der Waals surface area (Å²) in [6.45, 7) is 1.50. The van der Waals surface area contributed by atoms with Crippen molar-refractivity contribution in [2.75, 3.05) is 13.2 Å². The van der Waals surface area contributed by atoms with E-state index in [2.05, 4.69) is 5.32 Å². The topological polar surface area (TPSA) is 38.3 Å². The van der Waals surface area contributed by atoms with E-state index in [1.807, 2.05) is 30.3 Å². The molecule has 17 heavy (non-hydrogen) atoms. The Hall–Kier alpha value is -1.35. The van der Waals surface area contributed by atoms with Crippen molar-refractivity contribution in [1.29, 1.82) is 0 Å². The van der Waals surface area contributed by atoms with Crippen molar-refractivity contribution >= 4 is 5.91 Å².